The van der Waals surface area contributed by atoms with E-state index in [-0.39, 0.29) is 0 Å². The highest BCUT2D eigenvalue weighted by Crippen LogP contribution is 2.46. The van der Waals surface area contributed by atoms with E-state index in [0.717, 1.165) is 72.0 Å². The molecule has 0 fully saturated rings. The number of aliphatic hydroxyl groups is 1. The second kappa shape index (κ2) is 12.7. The summed E-state index contributed by atoms with van der Waals surface area (Å²) in [5, 5.41) is 21.1. The highest BCUT2D eigenvalue weighted by Gasteiger charge is 2.37. The zero-order valence-corrected chi connectivity index (χ0v) is 30.5. The summed E-state index contributed by atoms with van der Waals surface area (Å²) >= 11 is 0. The topological polar surface area (TPSA) is 30.1 Å². The van der Waals surface area contributed by atoms with Gasteiger partial charge in [-0.2, -0.15) is 0 Å². The fourth-order valence-corrected chi connectivity index (χ4v) is 9.11. The minimum absolute atomic E-state index is 0.781. The second-order valence-corrected chi connectivity index (χ2v) is 14.6. The van der Waals surface area contributed by atoms with Crippen molar-refractivity contribution in [1.82, 2.24) is 9.13 Å². The van der Waals surface area contributed by atoms with Gasteiger partial charge in [-0.05, 0) is 81.6 Å². The van der Waals surface area contributed by atoms with E-state index in [1.165, 1.54) is 21.5 Å². The summed E-state index contributed by atoms with van der Waals surface area (Å²) in [5.74, 6) is 0. The number of para-hydroxylation sites is 4. The van der Waals surface area contributed by atoms with Gasteiger partial charge in [0.15, 0.2) is 0 Å². The molecule has 3 heteroatoms. The third-order valence-electron chi connectivity index (χ3n) is 11.6. The molecule has 11 rings (SSSR count). The summed E-state index contributed by atoms with van der Waals surface area (Å²) in [6.45, 7) is 0. The molecule has 9 aromatic carbocycles. The maximum atomic E-state index is 14.1. The predicted molar refractivity (Wildman–Crippen MR) is 233 cm³/mol. The zero-order valence-electron chi connectivity index (χ0n) is 30.5. The molecule has 0 amide bonds. The van der Waals surface area contributed by atoms with Crippen LogP contribution >= 0.6 is 0 Å². The quantitative estimate of drug-likeness (QED) is 0.171. The van der Waals surface area contributed by atoms with Crippen molar-refractivity contribution < 1.29 is 5.11 Å². The molecule has 56 heavy (non-hydrogen) atoms. The minimum Gasteiger partial charge on any atom is -0.376 e. The maximum Gasteiger partial charge on any atom is 0.141 e. The molecule has 0 bridgehead atoms. The van der Waals surface area contributed by atoms with Crippen molar-refractivity contribution in [3.8, 4) is 22.5 Å². The van der Waals surface area contributed by atoms with E-state index in [0.29, 0.717) is 0 Å². The Kier molecular flexibility index (Phi) is 7.31. The molecule has 0 saturated carbocycles. The molecule has 0 atom stereocenters. The van der Waals surface area contributed by atoms with Crippen LogP contribution in [0.4, 0.5) is 0 Å². The third kappa shape index (κ3) is 4.81. The van der Waals surface area contributed by atoms with Gasteiger partial charge in [0.2, 0.25) is 0 Å². The Morgan fingerprint density at radius 3 is 1.23 bits per heavy atom. The summed E-state index contributed by atoms with van der Waals surface area (Å²) in [5.41, 5.74) is 9.34. The van der Waals surface area contributed by atoms with Gasteiger partial charge in [-0.1, -0.05) is 164 Å². The first kappa shape index (κ1) is 32.2. The van der Waals surface area contributed by atoms with Crippen LogP contribution in [0.2, 0.25) is 0 Å². The number of rotatable bonds is 6. The Hall–Kier alpha value is -7.20. The molecule has 0 aliphatic carbocycles. The van der Waals surface area contributed by atoms with Crippen LogP contribution in [0.3, 0.4) is 0 Å². The molecule has 264 valence electrons. The van der Waals surface area contributed by atoms with Gasteiger partial charge in [-0.3, -0.25) is 0 Å². The van der Waals surface area contributed by atoms with Gasteiger partial charge < -0.3 is 14.2 Å². The molecule has 2 aromatic heterocycles. The number of hydrogen-bond acceptors (Lipinski definition) is 1. The maximum absolute atomic E-state index is 14.1. The first-order chi connectivity index (χ1) is 27.7. The summed E-state index contributed by atoms with van der Waals surface area (Å²) in [4.78, 5) is 0. The van der Waals surface area contributed by atoms with E-state index in [9.17, 15) is 5.11 Å². The second-order valence-electron chi connectivity index (χ2n) is 14.6. The van der Waals surface area contributed by atoms with Gasteiger partial charge in [0.1, 0.15) is 5.60 Å². The number of fused-ring (bicyclic) bond motifs is 7. The van der Waals surface area contributed by atoms with E-state index in [1.807, 2.05) is 6.07 Å². The van der Waals surface area contributed by atoms with Crippen LogP contribution in [0.25, 0.3) is 76.9 Å². The molecule has 0 radical (unpaired) electrons. The van der Waals surface area contributed by atoms with Crippen molar-refractivity contribution in [1.29, 1.82) is 0 Å². The van der Waals surface area contributed by atoms with Crippen LogP contribution in [0.15, 0.2) is 212 Å². The molecule has 0 aliphatic rings. The molecular formula is C53H36N2O. The number of hydrogen-bond donors (Lipinski definition) is 1. The van der Waals surface area contributed by atoms with Crippen LogP contribution in [-0.4, -0.2) is 14.2 Å². The van der Waals surface area contributed by atoms with E-state index < -0.39 is 5.60 Å². The molecule has 0 unspecified atom stereocenters. The SMILES string of the molecule is OC(c1cccc(-n2c3ccccc3c3ccccc32)c1)(c1cccc(-n2c3ccccc3c3ccccc32)c1)c1ccc2ccccc2c1-c1ccccc1. The Labute approximate surface area is 324 Å². The molecule has 0 spiro atoms. The standard InChI is InChI=1S/C53H36N2O/c56-53(47-33-32-36-16-4-5-23-42(36)52(47)37-17-2-1-3-18-37,38-19-14-21-40(34-38)54-48-28-10-6-24-43(48)44-25-7-11-29-49(44)54)39-20-15-22-41(35-39)55-50-30-12-8-26-45(50)46-27-9-13-31-51(46)55/h1-35,56H. The smallest absolute Gasteiger partial charge is 0.141 e. The van der Waals surface area contributed by atoms with Gasteiger partial charge in [0.25, 0.3) is 0 Å². The Bertz CT molecular complexity index is 3010. The summed E-state index contributed by atoms with van der Waals surface area (Å²) in [7, 11) is 0. The molecular weight excluding hydrogens is 681 g/mol. The average molecular weight is 717 g/mol. The van der Waals surface area contributed by atoms with Crippen LogP contribution in [0, 0.1) is 0 Å². The van der Waals surface area contributed by atoms with E-state index >= 15 is 0 Å². The van der Waals surface area contributed by atoms with Gasteiger partial charge >= 0.3 is 0 Å². The fraction of sp³-hybridized carbons (Fsp3) is 0.0189. The highest BCUT2D eigenvalue weighted by molar-refractivity contribution is 6.10. The monoisotopic (exact) mass is 716 g/mol. The summed E-state index contributed by atoms with van der Waals surface area (Å²) in [6.07, 6.45) is 0. The number of aromatic nitrogens is 2. The fourth-order valence-electron chi connectivity index (χ4n) is 9.11. The van der Waals surface area contributed by atoms with E-state index in [4.69, 9.17) is 0 Å². The van der Waals surface area contributed by atoms with Crippen molar-refractivity contribution in [3.05, 3.63) is 229 Å². The zero-order chi connectivity index (χ0) is 37.2. The molecule has 0 aliphatic heterocycles. The highest BCUT2D eigenvalue weighted by atomic mass is 16.3. The predicted octanol–water partition coefficient (Wildman–Crippen LogP) is 13.0. The van der Waals surface area contributed by atoms with Crippen LogP contribution < -0.4 is 0 Å². The number of nitrogens with zero attached hydrogens (tertiary/aromatic N) is 2. The van der Waals surface area contributed by atoms with Crippen molar-refractivity contribution in [3.63, 3.8) is 0 Å². The van der Waals surface area contributed by atoms with Crippen molar-refractivity contribution in [2.75, 3.05) is 0 Å². The Morgan fingerprint density at radius 2 is 0.750 bits per heavy atom. The van der Waals surface area contributed by atoms with Gasteiger partial charge in [0, 0.05) is 38.5 Å². The van der Waals surface area contributed by atoms with Crippen molar-refractivity contribution in [2.24, 2.45) is 0 Å². The van der Waals surface area contributed by atoms with E-state index in [1.54, 1.807) is 0 Å². The lowest BCUT2D eigenvalue weighted by molar-refractivity contribution is 0.126. The van der Waals surface area contributed by atoms with Crippen molar-refractivity contribution in [2.45, 2.75) is 5.60 Å². The lowest BCUT2D eigenvalue weighted by Gasteiger charge is -2.33. The van der Waals surface area contributed by atoms with Crippen LogP contribution in [0.5, 0.6) is 0 Å². The lowest BCUT2D eigenvalue weighted by Crippen LogP contribution is -2.30. The average Bonchev–Trinajstić information content (AvgIpc) is 3.79. The largest absolute Gasteiger partial charge is 0.376 e. The van der Waals surface area contributed by atoms with Crippen LogP contribution in [0.1, 0.15) is 16.7 Å². The normalized spacial score (nSPS) is 12.0. The summed E-state index contributed by atoms with van der Waals surface area (Å²) in [6, 6.07) is 74.5. The summed E-state index contributed by atoms with van der Waals surface area (Å²) < 4.78 is 4.64. The first-order valence-corrected chi connectivity index (χ1v) is 19.2. The molecule has 2 heterocycles. The molecule has 1 N–H and O–H groups in total. The minimum atomic E-state index is -1.57. The van der Waals surface area contributed by atoms with Crippen LogP contribution in [-0.2, 0) is 5.60 Å². The number of benzene rings is 9. The van der Waals surface area contributed by atoms with Gasteiger partial charge in [0.05, 0.1) is 22.1 Å². The first-order valence-electron chi connectivity index (χ1n) is 19.2. The molecule has 0 saturated heterocycles. The molecule has 11 aromatic rings. The lowest BCUT2D eigenvalue weighted by atomic mass is 9.75. The van der Waals surface area contributed by atoms with Gasteiger partial charge in [-0.15, -0.1) is 0 Å². The molecule has 3 nitrogen and oxygen atoms in total. The van der Waals surface area contributed by atoms with Gasteiger partial charge in [-0.25, -0.2) is 0 Å². The Balaban J connectivity index is 1.22. The third-order valence-corrected chi connectivity index (χ3v) is 11.6. The van der Waals surface area contributed by atoms with E-state index in [2.05, 4.69) is 215 Å². The Morgan fingerprint density at radius 1 is 0.339 bits per heavy atom. The van der Waals surface area contributed by atoms with Crippen molar-refractivity contribution >= 4 is 54.4 Å².